The van der Waals surface area contributed by atoms with Gasteiger partial charge in [0, 0.05) is 25.3 Å². The average molecular weight is 281 g/mol. The first-order valence-electron chi connectivity index (χ1n) is 7.62. The van der Waals surface area contributed by atoms with Crippen LogP contribution >= 0.6 is 0 Å². The van der Waals surface area contributed by atoms with E-state index in [4.69, 9.17) is 13.9 Å². The maximum atomic E-state index is 6.01. The molecule has 0 amide bonds. The van der Waals surface area contributed by atoms with Gasteiger partial charge in [0.1, 0.15) is 12.4 Å². The quantitative estimate of drug-likeness (QED) is 0.833. The molecule has 1 aliphatic carbocycles. The van der Waals surface area contributed by atoms with Gasteiger partial charge in [0.2, 0.25) is 0 Å². The fourth-order valence-corrected chi connectivity index (χ4v) is 2.63. The van der Waals surface area contributed by atoms with E-state index in [0.29, 0.717) is 24.9 Å². The van der Waals surface area contributed by atoms with Crippen molar-refractivity contribution in [3.05, 3.63) is 23.7 Å². The van der Waals surface area contributed by atoms with Crippen LogP contribution in [0.1, 0.15) is 50.9 Å². The van der Waals surface area contributed by atoms with Gasteiger partial charge < -0.3 is 19.2 Å². The normalized spacial score (nSPS) is 23.4. The molecule has 114 valence electrons. The van der Waals surface area contributed by atoms with Gasteiger partial charge in [-0.3, -0.25) is 0 Å². The predicted molar refractivity (Wildman–Crippen MR) is 78.5 cm³/mol. The van der Waals surface area contributed by atoms with E-state index >= 15 is 0 Å². The van der Waals surface area contributed by atoms with Crippen molar-refractivity contribution in [2.45, 2.75) is 70.9 Å². The minimum atomic E-state index is 0.296. The van der Waals surface area contributed by atoms with Gasteiger partial charge >= 0.3 is 0 Å². The SMILES string of the molecule is COC1CCCC(OCc2occc2CNC(C)C)C1. The molecule has 20 heavy (non-hydrogen) atoms. The summed E-state index contributed by atoms with van der Waals surface area (Å²) in [7, 11) is 1.79. The first kappa shape index (κ1) is 15.5. The molecular weight excluding hydrogens is 254 g/mol. The molecule has 2 atom stereocenters. The van der Waals surface area contributed by atoms with E-state index in [-0.39, 0.29) is 0 Å². The molecule has 1 N–H and O–H groups in total. The number of ether oxygens (including phenoxy) is 2. The second-order valence-corrected chi connectivity index (χ2v) is 5.86. The van der Waals surface area contributed by atoms with Crippen LogP contribution in [0.5, 0.6) is 0 Å². The summed E-state index contributed by atoms with van der Waals surface area (Å²) >= 11 is 0. The lowest BCUT2D eigenvalue weighted by Gasteiger charge is -2.28. The molecule has 1 aromatic rings. The van der Waals surface area contributed by atoms with E-state index in [1.807, 2.05) is 6.07 Å². The van der Waals surface area contributed by atoms with Crippen LogP contribution < -0.4 is 5.32 Å². The maximum absolute atomic E-state index is 6.01. The van der Waals surface area contributed by atoms with Crippen LogP contribution in [-0.4, -0.2) is 25.4 Å². The smallest absolute Gasteiger partial charge is 0.133 e. The van der Waals surface area contributed by atoms with Gasteiger partial charge in [-0.25, -0.2) is 0 Å². The molecule has 4 heteroatoms. The summed E-state index contributed by atoms with van der Waals surface area (Å²) in [6.45, 7) is 5.67. The molecule has 0 radical (unpaired) electrons. The first-order chi connectivity index (χ1) is 9.69. The molecule has 0 aromatic carbocycles. The van der Waals surface area contributed by atoms with Gasteiger partial charge in [-0.2, -0.15) is 0 Å². The molecule has 2 unspecified atom stereocenters. The molecule has 1 saturated carbocycles. The Morgan fingerprint density at radius 3 is 2.90 bits per heavy atom. The minimum absolute atomic E-state index is 0.296. The second-order valence-electron chi connectivity index (χ2n) is 5.86. The predicted octanol–water partition coefficient (Wildman–Crippen LogP) is 3.25. The Balaban J connectivity index is 1.80. The van der Waals surface area contributed by atoms with Crippen molar-refractivity contribution in [2.24, 2.45) is 0 Å². The summed E-state index contributed by atoms with van der Waals surface area (Å²) in [6.07, 6.45) is 6.85. The Morgan fingerprint density at radius 2 is 2.15 bits per heavy atom. The zero-order valence-corrected chi connectivity index (χ0v) is 12.9. The number of rotatable bonds is 7. The summed E-state index contributed by atoms with van der Waals surface area (Å²) in [5, 5.41) is 3.41. The third-order valence-corrected chi connectivity index (χ3v) is 3.90. The summed E-state index contributed by atoms with van der Waals surface area (Å²) in [4.78, 5) is 0. The van der Waals surface area contributed by atoms with Crippen molar-refractivity contribution < 1.29 is 13.9 Å². The monoisotopic (exact) mass is 281 g/mol. The van der Waals surface area contributed by atoms with Crippen molar-refractivity contribution in [2.75, 3.05) is 7.11 Å². The van der Waals surface area contributed by atoms with E-state index in [0.717, 1.165) is 31.6 Å². The van der Waals surface area contributed by atoms with Gasteiger partial charge in [-0.05, 0) is 31.7 Å². The fraction of sp³-hybridized carbons (Fsp3) is 0.750. The Labute approximate surface area is 121 Å². The molecular formula is C16H27NO3. The van der Waals surface area contributed by atoms with Crippen LogP contribution in [0.3, 0.4) is 0 Å². The lowest BCUT2D eigenvalue weighted by atomic mass is 9.95. The molecule has 0 saturated heterocycles. The number of hydrogen-bond donors (Lipinski definition) is 1. The first-order valence-corrected chi connectivity index (χ1v) is 7.62. The van der Waals surface area contributed by atoms with Gasteiger partial charge in [-0.1, -0.05) is 13.8 Å². The Kier molecular flexibility index (Phi) is 6.07. The van der Waals surface area contributed by atoms with Crippen molar-refractivity contribution >= 4 is 0 Å². The maximum Gasteiger partial charge on any atom is 0.133 e. The highest BCUT2D eigenvalue weighted by molar-refractivity contribution is 5.16. The van der Waals surface area contributed by atoms with E-state index in [2.05, 4.69) is 19.2 Å². The van der Waals surface area contributed by atoms with Gasteiger partial charge in [0.15, 0.2) is 0 Å². The molecule has 1 aliphatic rings. The highest BCUT2D eigenvalue weighted by atomic mass is 16.5. The largest absolute Gasteiger partial charge is 0.467 e. The lowest BCUT2D eigenvalue weighted by molar-refractivity contribution is -0.0407. The van der Waals surface area contributed by atoms with Crippen LogP contribution in [-0.2, 0) is 22.6 Å². The lowest BCUT2D eigenvalue weighted by Crippen LogP contribution is -2.27. The van der Waals surface area contributed by atoms with Crippen molar-refractivity contribution in [3.8, 4) is 0 Å². The van der Waals surface area contributed by atoms with Gasteiger partial charge in [0.25, 0.3) is 0 Å². The number of methoxy groups -OCH3 is 1. The van der Waals surface area contributed by atoms with Crippen molar-refractivity contribution in [1.29, 1.82) is 0 Å². The molecule has 1 heterocycles. The third kappa shape index (κ3) is 4.62. The topological polar surface area (TPSA) is 43.6 Å². The molecule has 1 fully saturated rings. The van der Waals surface area contributed by atoms with Crippen LogP contribution in [0.25, 0.3) is 0 Å². The van der Waals surface area contributed by atoms with Gasteiger partial charge in [0.05, 0.1) is 18.5 Å². The van der Waals surface area contributed by atoms with Crippen molar-refractivity contribution in [1.82, 2.24) is 5.32 Å². The van der Waals surface area contributed by atoms with E-state index < -0.39 is 0 Å². The molecule has 4 nitrogen and oxygen atoms in total. The summed E-state index contributed by atoms with van der Waals surface area (Å²) in [5.74, 6) is 0.942. The highest BCUT2D eigenvalue weighted by Crippen LogP contribution is 2.24. The van der Waals surface area contributed by atoms with E-state index in [1.54, 1.807) is 13.4 Å². The summed E-state index contributed by atoms with van der Waals surface area (Å²) < 4.78 is 17.0. The zero-order chi connectivity index (χ0) is 14.4. The molecule has 0 bridgehead atoms. The average Bonchev–Trinajstić information content (AvgIpc) is 2.90. The standard InChI is InChI=1S/C16H27NO3/c1-12(2)17-10-13-7-8-19-16(13)11-20-15-6-4-5-14(9-15)18-3/h7-8,12,14-15,17H,4-6,9-11H2,1-3H3. The second kappa shape index (κ2) is 7.81. The van der Waals surface area contributed by atoms with Crippen LogP contribution in [0.15, 0.2) is 16.7 Å². The number of furan rings is 1. The Bertz CT molecular complexity index is 389. The Morgan fingerprint density at radius 1 is 1.35 bits per heavy atom. The Hall–Kier alpha value is -0.840. The number of hydrogen-bond acceptors (Lipinski definition) is 4. The minimum Gasteiger partial charge on any atom is -0.467 e. The molecule has 0 aliphatic heterocycles. The molecule has 1 aromatic heterocycles. The summed E-state index contributed by atoms with van der Waals surface area (Å²) in [6, 6.07) is 2.49. The van der Waals surface area contributed by atoms with Crippen LogP contribution in [0.4, 0.5) is 0 Å². The van der Waals surface area contributed by atoms with Gasteiger partial charge in [-0.15, -0.1) is 0 Å². The molecule has 0 spiro atoms. The van der Waals surface area contributed by atoms with Crippen molar-refractivity contribution in [3.63, 3.8) is 0 Å². The summed E-state index contributed by atoms with van der Waals surface area (Å²) in [5.41, 5.74) is 1.19. The zero-order valence-electron chi connectivity index (χ0n) is 12.9. The third-order valence-electron chi connectivity index (χ3n) is 3.90. The molecule has 2 rings (SSSR count). The van der Waals surface area contributed by atoms with Crippen LogP contribution in [0.2, 0.25) is 0 Å². The van der Waals surface area contributed by atoms with E-state index in [1.165, 1.54) is 12.0 Å². The van der Waals surface area contributed by atoms with E-state index in [9.17, 15) is 0 Å². The highest BCUT2D eigenvalue weighted by Gasteiger charge is 2.22. The van der Waals surface area contributed by atoms with Crippen LogP contribution in [0, 0.1) is 0 Å². The number of nitrogens with one attached hydrogen (secondary N) is 1. The fourth-order valence-electron chi connectivity index (χ4n) is 2.63.